The highest BCUT2D eigenvalue weighted by atomic mass is 79.9. The number of amides is 1. The molecule has 1 aliphatic carbocycles. The maximum absolute atomic E-state index is 12.9. The van der Waals surface area contributed by atoms with Crippen LogP contribution in [0.4, 0.5) is 10.8 Å². The Bertz CT molecular complexity index is 1230. The Hall–Kier alpha value is -2.99. The van der Waals surface area contributed by atoms with Crippen LogP contribution in [0.3, 0.4) is 0 Å². The van der Waals surface area contributed by atoms with Crippen LogP contribution in [0, 0.1) is 10.1 Å². The second-order valence-corrected chi connectivity index (χ2v) is 9.80. The number of aryl methyl sites for hydroxylation is 1. The molecule has 3 aromatic heterocycles. The summed E-state index contributed by atoms with van der Waals surface area (Å²) in [4.78, 5) is 37.1. The SMILES string of the molecule is CC(C)OC(=O)c1c(NC(=O)c2ccc(Cn3cc(Br)c([N+](=O)[O-])n3)o2)sc2c1CCCC2. The van der Waals surface area contributed by atoms with Gasteiger partial charge >= 0.3 is 11.8 Å². The molecule has 0 radical (unpaired) electrons. The summed E-state index contributed by atoms with van der Waals surface area (Å²) in [6.45, 7) is 3.68. The summed E-state index contributed by atoms with van der Waals surface area (Å²) in [5.41, 5.74) is 1.38. The van der Waals surface area contributed by atoms with Gasteiger partial charge in [0.05, 0.1) is 23.0 Å². The summed E-state index contributed by atoms with van der Waals surface area (Å²) in [7, 11) is 0. The summed E-state index contributed by atoms with van der Waals surface area (Å²) in [6.07, 6.45) is 4.87. The van der Waals surface area contributed by atoms with E-state index < -0.39 is 16.8 Å². The van der Waals surface area contributed by atoms with E-state index in [4.69, 9.17) is 9.15 Å². The maximum Gasteiger partial charge on any atom is 0.404 e. The molecule has 0 aliphatic heterocycles. The molecule has 0 spiro atoms. The van der Waals surface area contributed by atoms with Gasteiger partial charge in [0.25, 0.3) is 5.91 Å². The predicted octanol–water partition coefficient (Wildman–Crippen LogP) is 4.95. The first kappa shape index (κ1) is 23.2. The molecule has 1 amide bonds. The lowest BCUT2D eigenvalue weighted by atomic mass is 9.95. The van der Waals surface area contributed by atoms with Crippen LogP contribution in [0.1, 0.15) is 63.8 Å². The number of aromatic nitrogens is 2. The minimum atomic E-state index is -0.593. The quantitative estimate of drug-likeness (QED) is 0.256. The van der Waals surface area contributed by atoms with Crippen molar-refractivity contribution in [3.05, 3.63) is 60.4 Å². The number of nitro groups is 1. The van der Waals surface area contributed by atoms with Crippen LogP contribution in [0.2, 0.25) is 0 Å². The summed E-state index contributed by atoms with van der Waals surface area (Å²) in [5, 5.41) is 18.1. The molecule has 4 rings (SSSR count). The molecule has 0 aromatic carbocycles. The number of nitrogens with one attached hydrogen (secondary N) is 1. The standard InChI is InChI=1S/C21H21BrN4O6S/c1-11(2)31-21(28)17-13-5-3-4-6-16(13)33-20(17)23-19(27)15-8-7-12(32-15)9-25-10-14(22)18(24-25)26(29)30/h7-8,10-11H,3-6,9H2,1-2H3,(H,23,27). The van der Waals surface area contributed by atoms with Gasteiger partial charge in [-0.3, -0.25) is 4.79 Å². The molecule has 1 aliphatic rings. The number of halogens is 1. The third-order valence-electron chi connectivity index (χ3n) is 5.02. The van der Waals surface area contributed by atoms with Crippen LogP contribution in [0.15, 0.2) is 27.2 Å². The Balaban J connectivity index is 1.53. The predicted molar refractivity (Wildman–Crippen MR) is 124 cm³/mol. The number of fused-ring (bicyclic) bond motifs is 1. The Morgan fingerprint density at radius 3 is 2.82 bits per heavy atom. The molecule has 3 heterocycles. The molecule has 0 fully saturated rings. The molecular weight excluding hydrogens is 516 g/mol. The molecule has 33 heavy (non-hydrogen) atoms. The van der Waals surface area contributed by atoms with Crippen molar-refractivity contribution in [2.45, 2.75) is 52.2 Å². The monoisotopic (exact) mass is 536 g/mol. The van der Waals surface area contributed by atoms with Crippen LogP contribution < -0.4 is 5.32 Å². The smallest absolute Gasteiger partial charge is 0.404 e. The van der Waals surface area contributed by atoms with Gasteiger partial charge in [-0.25, -0.2) is 4.79 Å². The van der Waals surface area contributed by atoms with Gasteiger partial charge in [0, 0.05) is 4.88 Å². The number of furan rings is 1. The summed E-state index contributed by atoms with van der Waals surface area (Å²) in [6, 6.07) is 3.11. The van der Waals surface area contributed by atoms with E-state index in [1.54, 1.807) is 19.9 Å². The van der Waals surface area contributed by atoms with Gasteiger partial charge < -0.3 is 24.6 Å². The average molecular weight is 537 g/mol. The van der Waals surface area contributed by atoms with E-state index in [1.165, 1.54) is 28.3 Å². The van der Waals surface area contributed by atoms with Crippen LogP contribution in [0.25, 0.3) is 0 Å². The van der Waals surface area contributed by atoms with Gasteiger partial charge in [-0.15, -0.1) is 11.3 Å². The van der Waals surface area contributed by atoms with Gasteiger partial charge in [-0.1, -0.05) is 0 Å². The number of ether oxygens (including phenoxy) is 1. The highest BCUT2D eigenvalue weighted by Crippen LogP contribution is 2.39. The number of carbonyl (C=O) groups excluding carboxylic acids is 2. The fourth-order valence-electron chi connectivity index (χ4n) is 3.64. The van der Waals surface area contributed by atoms with Crippen LogP contribution >= 0.6 is 27.3 Å². The number of carbonyl (C=O) groups is 2. The number of thiophene rings is 1. The van der Waals surface area contributed by atoms with Crippen molar-refractivity contribution in [3.63, 3.8) is 0 Å². The lowest BCUT2D eigenvalue weighted by Gasteiger charge is -2.14. The van der Waals surface area contributed by atoms with Crippen molar-refractivity contribution in [1.29, 1.82) is 0 Å². The lowest BCUT2D eigenvalue weighted by Crippen LogP contribution is -2.17. The van der Waals surface area contributed by atoms with E-state index in [2.05, 4.69) is 26.3 Å². The van der Waals surface area contributed by atoms with Crippen LogP contribution in [-0.2, 0) is 24.1 Å². The largest absolute Gasteiger partial charge is 0.459 e. The van der Waals surface area contributed by atoms with E-state index in [-0.39, 0.29) is 28.7 Å². The normalized spacial score (nSPS) is 13.1. The zero-order chi connectivity index (χ0) is 23.7. The van der Waals surface area contributed by atoms with Crippen molar-refractivity contribution in [3.8, 4) is 0 Å². The number of hydrogen-bond acceptors (Lipinski definition) is 8. The topological polar surface area (TPSA) is 130 Å². The Morgan fingerprint density at radius 1 is 1.36 bits per heavy atom. The molecule has 1 N–H and O–H groups in total. The Labute approximate surface area is 201 Å². The Kier molecular flexibility index (Phi) is 6.66. The number of hydrogen-bond donors (Lipinski definition) is 1. The van der Waals surface area contributed by atoms with E-state index in [9.17, 15) is 19.7 Å². The first-order valence-electron chi connectivity index (χ1n) is 10.4. The molecular formula is C21H21BrN4O6S. The third-order valence-corrected chi connectivity index (χ3v) is 6.79. The number of rotatable bonds is 7. The van der Waals surface area contributed by atoms with E-state index in [1.807, 2.05) is 0 Å². The molecule has 3 aromatic rings. The summed E-state index contributed by atoms with van der Waals surface area (Å²) in [5.74, 6) is -0.783. The van der Waals surface area contributed by atoms with E-state index >= 15 is 0 Å². The van der Waals surface area contributed by atoms with Crippen LogP contribution in [0.5, 0.6) is 0 Å². The average Bonchev–Trinajstić information content (AvgIpc) is 3.44. The molecule has 0 atom stereocenters. The Morgan fingerprint density at radius 2 is 2.12 bits per heavy atom. The second-order valence-electron chi connectivity index (χ2n) is 7.84. The first-order valence-corrected chi connectivity index (χ1v) is 12.0. The van der Waals surface area contributed by atoms with Crippen molar-refractivity contribution < 1.29 is 23.7 Å². The molecule has 0 unspecified atom stereocenters. The zero-order valence-electron chi connectivity index (χ0n) is 17.9. The number of anilines is 1. The minimum Gasteiger partial charge on any atom is -0.459 e. The van der Waals surface area contributed by atoms with Crippen LogP contribution in [-0.4, -0.2) is 32.7 Å². The van der Waals surface area contributed by atoms with Gasteiger partial charge in [-0.2, -0.15) is 4.68 Å². The molecule has 10 nitrogen and oxygen atoms in total. The first-order chi connectivity index (χ1) is 15.7. The van der Waals surface area contributed by atoms with E-state index in [0.29, 0.717) is 16.3 Å². The minimum absolute atomic E-state index is 0.0558. The van der Waals surface area contributed by atoms with Crippen molar-refractivity contribution in [2.75, 3.05) is 5.32 Å². The van der Waals surface area contributed by atoms with Crippen molar-refractivity contribution in [1.82, 2.24) is 9.78 Å². The van der Waals surface area contributed by atoms with Crippen molar-refractivity contribution in [2.24, 2.45) is 0 Å². The molecule has 0 bridgehead atoms. The number of nitrogens with zero attached hydrogens (tertiary/aromatic N) is 3. The van der Waals surface area contributed by atoms with Gasteiger partial charge in [-0.05, 0) is 78.1 Å². The third kappa shape index (κ3) is 5.01. The van der Waals surface area contributed by atoms with Gasteiger partial charge in [0.15, 0.2) is 5.76 Å². The lowest BCUT2D eigenvalue weighted by molar-refractivity contribution is -0.390. The highest BCUT2D eigenvalue weighted by Gasteiger charge is 2.28. The highest BCUT2D eigenvalue weighted by molar-refractivity contribution is 9.10. The molecule has 0 saturated heterocycles. The summed E-state index contributed by atoms with van der Waals surface area (Å²) < 4.78 is 12.6. The molecule has 12 heteroatoms. The maximum atomic E-state index is 12.9. The molecule has 174 valence electrons. The van der Waals surface area contributed by atoms with Gasteiger partial charge in [0.1, 0.15) is 21.8 Å². The number of esters is 1. The molecule has 0 saturated carbocycles. The second kappa shape index (κ2) is 9.48. The van der Waals surface area contributed by atoms with E-state index in [0.717, 1.165) is 36.1 Å². The van der Waals surface area contributed by atoms with Crippen molar-refractivity contribution >= 4 is 50.0 Å². The fraction of sp³-hybridized carbons (Fsp3) is 0.381. The van der Waals surface area contributed by atoms with Gasteiger partial charge in [0.2, 0.25) is 0 Å². The fourth-order valence-corrected chi connectivity index (χ4v) is 5.38. The zero-order valence-corrected chi connectivity index (χ0v) is 20.3. The summed E-state index contributed by atoms with van der Waals surface area (Å²) >= 11 is 4.50.